The van der Waals surface area contributed by atoms with Crippen molar-refractivity contribution >= 4 is 17.3 Å². The molecule has 0 aromatic heterocycles. The molecule has 23 heavy (non-hydrogen) atoms. The van der Waals surface area contributed by atoms with Crippen molar-refractivity contribution in [2.75, 3.05) is 25.5 Å². The smallest absolute Gasteiger partial charge is 0.269 e. The standard InChI is InChI=1S/C16H23N3O4/c1-18(11-12-3-2-4-15(12)20)10-9-16(21)17-13-5-7-14(8-6-13)19(22)23/h5-8,12,15,20H,2-4,9-11H2,1H3,(H,17,21). The number of nitrogens with zero attached hydrogens (tertiary/aromatic N) is 2. The van der Waals surface area contributed by atoms with Crippen LogP contribution in [0.3, 0.4) is 0 Å². The Labute approximate surface area is 135 Å². The lowest BCUT2D eigenvalue weighted by Crippen LogP contribution is -2.32. The fourth-order valence-electron chi connectivity index (χ4n) is 2.90. The number of benzene rings is 1. The first-order valence-corrected chi connectivity index (χ1v) is 7.86. The number of nitrogens with one attached hydrogen (secondary N) is 1. The van der Waals surface area contributed by atoms with Crippen LogP contribution in [0.5, 0.6) is 0 Å². The van der Waals surface area contributed by atoms with Gasteiger partial charge in [-0.2, -0.15) is 0 Å². The Morgan fingerprint density at radius 3 is 2.65 bits per heavy atom. The Kier molecular flexibility index (Phi) is 6.06. The van der Waals surface area contributed by atoms with Gasteiger partial charge in [0, 0.05) is 37.3 Å². The van der Waals surface area contributed by atoms with Crippen LogP contribution in [0.1, 0.15) is 25.7 Å². The van der Waals surface area contributed by atoms with Crippen molar-refractivity contribution in [2.45, 2.75) is 31.8 Å². The van der Waals surface area contributed by atoms with Crippen molar-refractivity contribution in [3.8, 4) is 0 Å². The van der Waals surface area contributed by atoms with Crippen LogP contribution in [0.15, 0.2) is 24.3 Å². The molecule has 1 aliphatic rings. The van der Waals surface area contributed by atoms with E-state index in [9.17, 15) is 20.0 Å². The van der Waals surface area contributed by atoms with Crippen molar-refractivity contribution in [3.63, 3.8) is 0 Å². The number of carbonyl (C=O) groups is 1. The first-order valence-electron chi connectivity index (χ1n) is 7.86. The minimum atomic E-state index is -0.474. The largest absolute Gasteiger partial charge is 0.393 e. The summed E-state index contributed by atoms with van der Waals surface area (Å²) in [4.78, 5) is 24.1. The first kappa shape index (κ1) is 17.4. The van der Waals surface area contributed by atoms with Crippen LogP contribution in [0.25, 0.3) is 0 Å². The summed E-state index contributed by atoms with van der Waals surface area (Å²) in [7, 11) is 1.95. The fourth-order valence-corrected chi connectivity index (χ4v) is 2.90. The summed E-state index contributed by atoms with van der Waals surface area (Å²) in [5, 5.41) is 23.1. The molecule has 7 heteroatoms. The topological polar surface area (TPSA) is 95.7 Å². The maximum atomic E-state index is 11.9. The average molecular weight is 321 g/mol. The van der Waals surface area contributed by atoms with Gasteiger partial charge in [0.15, 0.2) is 0 Å². The Balaban J connectivity index is 1.72. The summed E-state index contributed by atoms with van der Waals surface area (Å²) in [5.74, 6) is 0.176. The number of hydrogen-bond donors (Lipinski definition) is 2. The molecule has 2 rings (SSSR count). The second-order valence-corrected chi connectivity index (χ2v) is 6.12. The molecule has 0 bridgehead atoms. The molecule has 2 N–H and O–H groups in total. The summed E-state index contributed by atoms with van der Waals surface area (Å²) in [6.45, 7) is 1.41. The molecule has 7 nitrogen and oxygen atoms in total. The third-order valence-corrected chi connectivity index (χ3v) is 4.25. The molecule has 0 aliphatic heterocycles. The van der Waals surface area contributed by atoms with Crippen molar-refractivity contribution in [2.24, 2.45) is 5.92 Å². The number of nitro groups is 1. The van der Waals surface area contributed by atoms with Gasteiger partial charge in [-0.25, -0.2) is 0 Å². The van der Waals surface area contributed by atoms with Crippen molar-refractivity contribution in [3.05, 3.63) is 34.4 Å². The van der Waals surface area contributed by atoms with Gasteiger partial charge in [0.05, 0.1) is 11.0 Å². The number of carbonyl (C=O) groups excluding carboxylic acids is 1. The van der Waals surface area contributed by atoms with Crippen LogP contribution in [-0.2, 0) is 4.79 Å². The molecule has 1 aromatic carbocycles. The second kappa shape index (κ2) is 8.03. The zero-order valence-corrected chi connectivity index (χ0v) is 13.3. The number of non-ortho nitro benzene ring substituents is 1. The summed E-state index contributed by atoms with van der Waals surface area (Å²) in [5.41, 5.74) is 0.548. The zero-order chi connectivity index (χ0) is 16.8. The Morgan fingerprint density at radius 1 is 1.39 bits per heavy atom. The van der Waals surface area contributed by atoms with Gasteiger partial charge >= 0.3 is 0 Å². The van der Waals surface area contributed by atoms with E-state index < -0.39 is 4.92 Å². The number of aliphatic hydroxyl groups excluding tert-OH is 1. The summed E-state index contributed by atoms with van der Waals surface area (Å²) in [6, 6.07) is 5.77. The van der Waals surface area contributed by atoms with Gasteiger partial charge in [0.2, 0.25) is 5.91 Å². The SMILES string of the molecule is CN(CCC(=O)Nc1ccc([N+](=O)[O-])cc1)CC1CCCC1O. The molecular formula is C16H23N3O4. The molecule has 0 spiro atoms. The quantitative estimate of drug-likeness (QED) is 0.591. The Morgan fingerprint density at radius 2 is 2.09 bits per heavy atom. The van der Waals surface area contributed by atoms with Crippen molar-refractivity contribution in [1.29, 1.82) is 0 Å². The highest BCUT2D eigenvalue weighted by molar-refractivity contribution is 5.90. The third kappa shape index (κ3) is 5.30. The predicted octanol–water partition coefficient (Wildman–Crippen LogP) is 2.02. The van der Waals surface area contributed by atoms with Crippen LogP contribution < -0.4 is 5.32 Å². The number of rotatable bonds is 7. The first-order chi connectivity index (χ1) is 11.0. The highest BCUT2D eigenvalue weighted by atomic mass is 16.6. The number of nitro benzene ring substituents is 1. The summed E-state index contributed by atoms with van der Waals surface area (Å²) < 4.78 is 0. The molecule has 1 amide bonds. The molecule has 0 saturated heterocycles. The van der Waals surface area contributed by atoms with Gasteiger partial charge < -0.3 is 15.3 Å². The van der Waals surface area contributed by atoms with Gasteiger partial charge in [0.1, 0.15) is 0 Å². The monoisotopic (exact) mass is 321 g/mol. The molecule has 0 radical (unpaired) electrons. The highest BCUT2D eigenvalue weighted by Crippen LogP contribution is 2.26. The molecule has 1 saturated carbocycles. The number of amides is 1. The lowest BCUT2D eigenvalue weighted by molar-refractivity contribution is -0.384. The minimum Gasteiger partial charge on any atom is -0.393 e. The van der Waals surface area contributed by atoms with Crippen LogP contribution in [0.4, 0.5) is 11.4 Å². The number of hydrogen-bond acceptors (Lipinski definition) is 5. The maximum Gasteiger partial charge on any atom is 0.269 e. The van der Waals surface area contributed by atoms with Gasteiger partial charge in [-0.1, -0.05) is 6.42 Å². The third-order valence-electron chi connectivity index (χ3n) is 4.25. The van der Waals surface area contributed by atoms with E-state index in [0.29, 0.717) is 24.6 Å². The lowest BCUT2D eigenvalue weighted by Gasteiger charge is -2.22. The summed E-state index contributed by atoms with van der Waals surface area (Å²) in [6.07, 6.45) is 3.11. The van der Waals surface area contributed by atoms with E-state index in [1.807, 2.05) is 7.05 Å². The molecule has 1 aromatic rings. The fraction of sp³-hybridized carbons (Fsp3) is 0.562. The molecule has 2 atom stereocenters. The number of aliphatic hydroxyl groups is 1. The average Bonchev–Trinajstić information content (AvgIpc) is 2.91. The second-order valence-electron chi connectivity index (χ2n) is 6.12. The maximum absolute atomic E-state index is 11.9. The molecule has 1 fully saturated rings. The highest BCUT2D eigenvalue weighted by Gasteiger charge is 2.26. The summed E-state index contributed by atoms with van der Waals surface area (Å²) >= 11 is 0. The van der Waals surface area contributed by atoms with Crippen molar-refractivity contribution < 1.29 is 14.8 Å². The Bertz CT molecular complexity index is 547. The van der Waals surface area contributed by atoms with Gasteiger partial charge in [-0.05, 0) is 37.9 Å². The normalized spacial score (nSPS) is 20.7. The molecular weight excluding hydrogens is 298 g/mol. The van der Waals surface area contributed by atoms with E-state index >= 15 is 0 Å². The molecule has 126 valence electrons. The van der Waals surface area contributed by atoms with Gasteiger partial charge in [-0.3, -0.25) is 14.9 Å². The lowest BCUT2D eigenvalue weighted by atomic mass is 10.1. The predicted molar refractivity (Wildman–Crippen MR) is 87.2 cm³/mol. The van der Waals surface area contributed by atoms with E-state index in [1.54, 1.807) is 0 Å². The van der Waals surface area contributed by atoms with E-state index in [-0.39, 0.29) is 17.7 Å². The van der Waals surface area contributed by atoms with E-state index in [1.165, 1.54) is 24.3 Å². The van der Waals surface area contributed by atoms with Crippen LogP contribution >= 0.6 is 0 Å². The molecule has 1 aliphatic carbocycles. The van der Waals surface area contributed by atoms with E-state index in [4.69, 9.17) is 0 Å². The van der Waals surface area contributed by atoms with E-state index in [0.717, 1.165) is 25.8 Å². The number of anilines is 1. The van der Waals surface area contributed by atoms with Crippen LogP contribution in [-0.4, -0.2) is 47.1 Å². The minimum absolute atomic E-state index is 0.00199. The van der Waals surface area contributed by atoms with Gasteiger partial charge in [-0.15, -0.1) is 0 Å². The zero-order valence-electron chi connectivity index (χ0n) is 13.3. The van der Waals surface area contributed by atoms with Crippen LogP contribution in [0.2, 0.25) is 0 Å². The van der Waals surface area contributed by atoms with E-state index in [2.05, 4.69) is 10.2 Å². The Hall–Kier alpha value is -1.99. The molecule has 0 heterocycles. The molecule has 2 unspecified atom stereocenters. The van der Waals surface area contributed by atoms with Crippen LogP contribution in [0, 0.1) is 16.0 Å². The van der Waals surface area contributed by atoms with Gasteiger partial charge in [0.25, 0.3) is 5.69 Å². The van der Waals surface area contributed by atoms with Crippen molar-refractivity contribution in [1.82, 2.24) is 4.90 Å².